The predicted molar refractivity (Wildman–Crippen MR) is 45.9 cm³/mol. The van der Waals surface area contributed by atoms with Crippen LogP contribution >= 0.6 is 27.5 Å². The lowest BCUT2D eigenvalue weighted by atomic mass is 10.3. The van der Waals surface area contributed by atoms with Gasteiger partial charge in [0.2, 0.25) is 0 Å². The van der Waals surface area contributed by atoms with E-state index in [0.29, 0.717) is 11.6 Å². The molecule has 0 aliphatic heterocycles. The van der Waals surface area contributed by atoms with Crippen molar-refractivity contribution in [2.75, 3.05) is 5.73 Å². The molecule has 0 bridgehead atoms. The molecule has 1 rings (SSSR count). The molecule has 10 heavy (non-hydrogen) atoms. The van der Waals surface area contributed by atoms with E-state index < -0.39 is 0 Å². The van der Waals surface area contributed by atoms with E-state index in [1.54, 1.807) is 12.3 Å². The van der Waals surface area contributed by atoms with Crippen molar-refractivity contribution in [1.29, 1.82) is 0 Å². The highest BCUT2D eigenvalue weighted by molar-refractivity contribution is 9.10. The fourth-order valence-corrected chi connectivity index (χ4v) is 1.54. The van der Waals surface area contributed by atoms with Crippen LogP contribution in [0.15, 0.2) is 16.9 Å². The minimum atomic E-state index is 0.389. The first-order valence-corrected chi connectivity index (χ1v) is 4.03. The van der Waals surface area contributed by atoms with Crippen LogP contribution in [0.2, 0.25) is 0 Å². The predicted octanol–water partition coefficient (Wildman–Crippen LogP) is 2.17. The van der Waals surface area contributed by atoms with Crippen LogP contribution in [0.3, 0.4) is 0 Å². The highest BCUT2D eigenvalue weighted by Gasteiger charge is 2.01. The van der Waals surface area contributed by atoms with E-state index in [-0.39, 0.29) is 0 Å². The highest BCUT2D eigenvalue weighted by atomic mass is 79.9. The number of hydrogen-bond donors (Lipinski definition) is 1. The normalized spacial score (nSPS) is 9.80. The topological polar surface area (TPSA) is 38.9 Å². The summed E-state index contributed by atoms with van der Waals surface area (Å²) in [6, 6.07) is 1.72. The number of hydrogen-bond acceptors (Lipinski definition) is 2. The number of aromatic nitrogens is 1. The van der Waals surface area contributed by atoms with Gasteiger partial charge in [-0.15, -0.1) is 11.6 Å². The molecule has 0 saturated carbocycles. The van der Waals surface area contributed by atoms with Crippen molar-refractivity contribution in [1.82, 2.24) is 4.98 Å². The monoisotopic (exact) mass is 220 g/mol. The van der Waals surface area contributed by atoms with Crippen molar-refractivity contribution in [2.24, 2.45) is 0 Å². The molecule has 0 spiro atoms. The molecule has 1 aromatic rings. The summed E-state index contributed by atoms with van der Waals surface area (Å²) in [7, 11) is 0. The van der Waals surface area contributed by atoms with Gasteiger partial charge in [0.1, 0.15) is 4.60 Å². The molecule has 0 saturated heterocycles. The Morgan fingerprint density at radius 2 is 2.40 bits per heavy atom. The molecule has 0 aromatic carbocycles. The average molecular weight is 221 g/mol. The third-order valence-electron chi connectivity index (χ3n) is 1.17. The molecule has 0 atom stereocenters. The van der Waals surface area contributed by atoms with Crippen molar-refractivity contribution >= 4 is 33.2 Å². The van der Waals surface area contributed by atoms with Gasteiger partial charge < -0.3 is 5.73 Å². The molecule has 0 amide bonds. The number of rotatable bonds is 1. The van der Waals surface area contributed by atoms with E-state index in [2.05, 4.69) is 20.9 Å². The summed E-state index contributed by atoms with van der Waals surface area (Å²) in [6.07, 6.45) is 1.63. The maximum absolute atomic E-state index is 5.59. The number of anilines is 1. The van der Waals surface area contributed by atoms with Crippen LogP contribution in [-0.2, 0) is 5.88 Å². The molecule has 0 fully saturated rings. The van der Waals surface area contributed by atoms with Gasteiger partial charge in [0.15, 0.2) is 0 Å². The Bertz CT molecular complexity index is 219. The molecular weight excluding hydrogens is 215 g/mol. The zero-order valence-corrected chi connectivity index (χ0v) is 7.48. The summed E-state index contributed by atoms with van der Waals surface area (Å²) in [5.74, 6) is 0.389. The number of nitrogens with zero attached hydrogens (tertiary/aromatic N) is 1. The summed E-state index contributed by atoms with van der Waals surface area (Å²) in [5.41, 5.74) is 7.11. The second-order valence-corrected chi connectivity index (χ2v) is 2.82. The molecule has 2 nitrogen and oxygen atoms in total. The van der Waals surface area contributed by atoms with E-state index in [1.807, 2.05) is 0 Å². The maximum Gasteiger partial charge on any atom is 0.112 e. The van der Waals surface area contributed by atoms with Crippen LogP contribution in [0, 0.1) is 0 Å². The van der Waals surface area contributed by atoms with Gasteiger partial charge in [-0.25, -0.2) is 4.98 Å². The molecule has 0 unspecified atom stereocenters. The molecule has 0 aliphatic carbocycles. The van der Waals surface area contributed by atoms with E-state index in [9.17, 15) is 0 Å². The Morgan fingerprint density at radius 3 is 2.80 bits per heavy atom. The SMILES string of the molecule is Nc1ccnc(Br)c1CCl. The highest BCUT2D eigenvalue weighted by Crippen LogP contribution is 2.21. The number of nitrogen functional groups attached to an aromatic ring is 1. The van der Waals surface area contributed by atoms with E-state index in [1.165, 1.54) is 0 Å². The smallest absolute Gasteiger partial charge is 0.112 e. The summed E-state index contributed by atoms with van der Waals surface area (Å²) >= 11 is 8.82. The van der Waals surface area contributed by atoms with Gasteiger partial charge in [-0.2, -0.15) is 0 Å². The van der Waals surface area contributed by atoms with Crippen LogP contribution in [0.4, 0.5) is 5.69 Å². The second-order valence-electron chi connectivity index (χ2n) is 1.80. The lowest BCUT2D eigenvalue weighted by molar-refractivity contribution is 1.20. The standard InChI is InChI=1S/C6H6BrClN2/c7-6-4(3-8)5(9)1-2-10-6/h1-2H,3H2,(H2,9,10). The van der Waals surface area contributed by atoms with Crippen LogP contribution in [-0.4, -0.2) is 4.98 Å². The van der Waals surface area contributed by atoms with Gasteiger partial charge >= 0.3 is 0 Å². The number of alkyl halides is 1. The summed E-state index contributed by atoms with van der Waals surface area (Å²) < 4.78 is 0.725. The van der Waals surface area contributed by atoms with Crippen LogP contribution in [0.1, 0.15) is 5.56 Å². The van der Waals surface area contributed by atoms with E-state index in [0.717, 1.165) is 10.2 Å². The minimum Gasteiger partial charge on any atom is -0.398 e. The van der Waals surface area contributed by atoms with Gasteiger partial charge in [0.05, 0.1) is 5.88 Å². The van der Waals surface area contributed by atoms with Gasteiger partial charge in [0.25, 0.3) is 0 Å². The van der Waals surface area contributed by atoms with Gasteiger partial charge in [0, 0.05) is 17.4 Å². The fraction of sp³-hybridized carbons (Fsp3) is 0.167. The quantitative estimate of drug-likeness (QED) is 0.583. The Labute approximate surface area is 72.5 Å². The van der Waals surface area contributed by atoms with Crippen LogP contribution in [0.5, 0.6) is 0 Å². The second kappa shape index (κ2) is 3.21. The van der Waals surface area contributed by atoms with Crippen molar-refractivity contribution in [3.63, 3.8) is 0 Å². The zero-order valence-electron chi connectivity index (χ0n) is 5.14. The zero-order chi connectivity index (χ0) is 7.56. The first-order chi connectivity index (χ1) is 4.75. The van der Waals surface area contributed by atoms with Crippen molar-refractivity contribution in [3.8, 4) is 0 Å². The van der Waals surface area contributed by atoms with Crippen LogP contribution < -0.4 is 5.73 Å². The van der Waals surface area contributed by atoms with Gasteiger partial charge in [-0.1, -0.05) is 0 Å². The molecule has 4 heteroatoms. The first-order valence-electron chi connectivity index (χ1n) is 2.70. The molecule has 0 radical (unpaired) electrons. The summed E-state index contributed by atoms with van der Waals surface area (Å²) in [6.45, 7) is 0. The Balaban J connectivity index is 3.17. The molecular formula is C6H6BrClN2. The van der Waals surface area contributed by atoms with Crippen molar-refractivity contribution in [3.05, 3.63) is 22.4 Å². The van der Waals surface area contributed by atoms with Crippen molar-refractivity contribution in [2.45, 2.75) is 5.88 Å². The third kappa shape index (κ3) is 1.41. The van der Waals surface area contributed by atoms with Gasteiger partial charge in [-0.3, -0.25) is 0 Å². The summed E-state index contributed by atoms with van der Waals surface area (Å²) in [4.78, 5) is 3.96. The third-order valence-corrected chi connectivity index (χ3v) is 2.12. The number of halogens is 2. The Morgan fingerprint density at radius 1 is 1.70 bits per heavy atom. The van der Waals surface area contributed by atoms with Crippen molar-refractivity contribution < 1.29 is 0 Å². The lowest BCUT2D eigenvalue weighted by Crippen LogP contribution is -1.93. The fourth-order valence-electron chi connectivity index (χ4n) is 0.613. The Kier molecular flexibility index (Phi) is 2.51. The average Bonchev–Trinajstić information content (AvgIpc) is 1.88. The molecule has 1 heterocycles. The van der Waals surface area contributed by atoms with E-state index in [4.69, 9.17) is 17.3 Å². The van der Waals surface area contributed by atoms with Crippen LogP contribution in [0.25, 0.3) is 0 Å². The van der Waals surface area contributed by atoms with Gasteiger partial charge in [-0.05, 0) is 22.0 Å². The lowest BCUT2D eigenvalue weighted by Gasteiger charge is -2.01. The van der Waals surface area contributed by atoms with E-state index >= 15 is 0 Å². The Hall–Kier alpha value is -0.280. The first kappa shape index (κ1) is 7.82. The molecule has 54 valence electrons. The number of nitrogens with two attached hydrogens (primary N) is 1. The largest absolute Gasteiger partial charge is 0.398 e. The summed E-state index contributed by atoms with van der Waals surface area (Å²) in [5, 5.41) is 0. The minimum absolute atomic E-state index is 0.389. The molecule has 1 aromatic heterocycles. The maximum atomic E-state index is 5.59. The molecule has 0 aliphatic rings. The number of pyridine rings is 1. The molecule has 2 N–H and O–H groups in total.